The molecule has 0 saturated heterocycles. The second-order valence-corrected chi connectivity index (χ2v) is 3.82. The molecule has 2 rings (SSSR count). The van der Waals surface area contributed by atoms with Crippen LogP contribution in [-0.2, 0) is 40.8 Å². The van der Waals surface area contributed by atoms with E-state index >= 15 is 0 Å². The van der Waals surface area contributed by atoms with Gasteiger partial charge in [-0.05, 0) is 53.0 Å². The fourth-order valence-electron chi connectivity index (χ4n) is 0.878. The molecule has 6 nitrogen and oxygen atoms in total. The normalized spacial score (nSPS) is 8.30. The van der Waals surface area contributed by atoms with Crippen LogP contribution in [0.3, 0.4) is 0 Å². The van der Waals surface area contributed by atoms with Gasteiger partial charge >= 0.3 is 0 Å². The van der Waals surface area contributed by atoms with Crippen LogP contribution >= 0.6 is 0 Å². The Morgan fingerprint density at radius 1 is 0.950 bits per heavy atom. The SMILES string of the molecule is C.C.CC(C)n1[c-]ncn1.CC(C)n1cn[c-]n1.[Re].[Re]. The van der Waals surface area contributed by atoms with E-state index in [1.54, 1.807) is 15.7 Å². The summed E-state index contributed by atoms with van der Waals surface area (Å²) in [5, 5.41) is 7.66. The van der Waals surface area contributed by atoms with Crippen molar-refractivity contribution >= 4 is 0 Å². The van der Waals surface area contributed by atoms with Crippen molar-refractivity contribution in [1.82, 2.24) is 29.5 Å². The van der Waals surface area contributed by atoms with E-state index in [-0.39, 0.29) is 55.7 Å². The summed E-state index contributed by atoms with van der Waals surface area (Å²) >= 11 is 0. The Morgan fingerprint density at radius 2 is 1.55 bits per heavy atom. The van der Waals surface area contributed by atoms with E-state index in [9.17, 15) is 0 Å². The van der Waals surface area contributed by atoms with E-state index in [2.05, 4.69) is 32.8 Å². The summed E-state index contributed by atoms with van der Waals surface area (Å²) in [5.41, 5.74) is 0. The quantitative estimate of drug-likeness (QED) is 0.483. The van der Waals surface area contributed by atoms with Crippen LogP contribution < -0.4 is 0 Å². The first-order valence-electron chi connectivity index (χ1n) is 5.15. The Balaban J connectivity index is -0.000000107. The molecule has 20 heavy (non-hydrogen) atoms. The maximum absolute atomic E-state index is 3.87. The molecule has 0 unspecified atom stereocenters. The number of hydrogen-bond acceptors (Lipinski definition) is 4. The van der Waals surface area contributed by atoms with Crippen LogP contribution in [0.15, 0.2) is 12.7 Å². The Bertz CT molecular complexity index is 334. The fraction of sp³-hybridized carbons (Fsp3) is 0.667. The molecule has 2 aromatic rings. The first-order chi connectivity index (χ1) is 7.61. The molecule has 8 heteroatoms. The average Bonchev–Trinajstić information content (AvgIpc) is 2.93. The molecule has 118 valence electrons. The van der Waals surface area contributed by atoms with E-state index in [0.717, 1.165) is 0 Å². The zero-order valence-electron chi connectivity index (χ0n) is 10.7. The van der Waals surface area contributed by atoms with E-state index in [0.29, 0.717) is 12.1 Å². The van der Waals surface area contributed by atoms with Gasteiger partial charge in [-0.1, -0.05) is 14.9 Å². The number of rotatable bonds is 2. The smallest absolute Gasteiger partial charge is 0.0272 e. The molecule has 0 spiro atoms. The minimum Gasteiger partial charge on any atom is -0.421 e. The first kappa shape index (κ1) is 27.9. The van der Waals surface area contributed by atoms with Crippen molar-refractivity contribution in [2.45, 2.75) is 54.6 Å². The Kier molecular flexibility index (Phi) is 20.9. The zero-order valence-corrected chi connectivity index (χ0v) is 16.2. The van der Waals surface area contributed by atoms with Gasteiger partial charge in [0.05, 0.1) is 0 Å². The minimum atomic E-state index is 0. The molecular weight excluding hydrogens is 601 g/mol. The minimum absolute atomic E-state index is 0. The molecule has 0 aliphatic rings. The molecule has 0 fully saturated rings. The molecule has 0 N–H and O–H groups in total. The average molecular weight is 625 g/mol. The summed E-state index contributed by atoms with van der Waals surface area (Å²) in [5.74, 6) is 0. The molecule has 0 aliphatic heterocycles. The van der Waals surface area contributed by atoms with Gasteiger partial charge < -0.3 is 19.3 Å². The number of hydrogen-bond donors (Lipinski definition) is 0. The first-order valence-corrected chi connectivity index (χ1v) is 5.15. The molecule has 2 heterocycles. The van der Waals surface area contributed by atoms with Crippen molar-refractivity contribution in [1.29, 1.82) is 0 Å². The third kappa shape index (κ3) is 10.4. The van der Waals surface area contributed by atoms with E-state index in [1.807, 2.05) is 27.7 Å². The van der Waals surface area contributed by atoms with Crippen LogP contribution in [0.1, 0.15) is 54.6 Å². The van der Waals surface area contributed by atoms with Gasteiger partial charge in [0.15, 0.2) is 0 Å². The van der Waals surface area contributed by atoms with Crippen molar-refractivity contribution in [2.75, 3.05) is 0 Å². The summed E-state index contributed by atoms with van der Waals surface area (Å²) < 4.78 is 3.43. The summed E-state index contributed by atoms with van der Waals surface area (Å²) in [7, 11) is 0. The monoisotopic (exact) mass is 626 g/mol. The fourth-order valence-corrected chi connectivity index (χ4v) is 0.878. The molecular formula is C12H24N6Re2-2. The Labute approximate surface area is 150 Å². The van der Waals surface area contributed by atoms with Crippen LogP contribution in [-0.4, -0.2) is 29.5 Å². The van der Waals surface area contributed by atoms with Crippen molar-refractivity contribution < 1.29 is 40.8 Å². The van der Waals surface area contributed by atoms with Crippen molar-refractivity contribution in [3.63, 3.8) is 0 Å². The predicted octanol–water partition coefficient (Wildman–Crippen LogP) is 2.59. The van der Waals surface area contributed by atoms with Crippen LogP contribution in [0.4, 0.5) is 0 Å². The maximum Gasteiger partial charge on any atom is 0.0272 e. The Morgan fingerprint density at radius 3 is 1.75 bits per heavy atom. The topological polar surface area (TPSA) is 61.4 Å². The molecule has 0 atom stereocenters. The van der Waals surface area contributed by atoms with Gasteiger partial charge in [-0.15, -0.1) is 0 Å². The van der Waals surface area contributed by atoms with Crippen molar-refractivity contribution in [3.8, 4) is 0 Å². The standard InChI is InChI=1S/2C5H8N3.2CH4.2Re/c2*1-5(2)8-4-6-3-7-8;;;;/h4-5H,1-2H3;3,5H,1-2H3;2*1H4;;/q2*-1;;;;. The molecule has 0 amide bonds. The molecule has 2 aromatic heterocycles. The number of nitrogens with zero attached hydrogens (tertiary/aromatic N) is 6. The molecule has 2 radical (unpaired) electrons. The summed E-state index contributed by atoms with van der Waals surface area (Å²) in [4.78, 5) is 7.34. The van der Waals surface area contributed by atoms with E-state index in [4.69, 9.17) is 0 Å². The number of aromatic nitrogens is 6. The predicted molar refractivity (Wildman–Crippen MR) is 71.9 cm³/mol. The maximum atomic E-state index is 3.87. The molecule has 0 bridgehead atoms. The third-order valence-corrected chi connectivity index (χ3v) is 1.81. The van der Waals surface area contributed by atoms with Gasteiger partial charge in [-0.25, -0.2) is 0 Å². The second-order valence-electron chi connectivity index (χ2n) is 3.82. The molecule has 0 aromatic carbocycles. The van der Waals surface area contributed by atoms with Crippen LogP contribution in [0.25, 0.3) is 0 Å². The van der Waals surface area contributed by atoms with Gasteiger partial charge in [-0.2, -0.15) is 0 Å². The summed E-state index contributed by atoms with van der Waals surface area (Å²) in [6.45, 7) is 8.15. The summed E-state index contributed by atoms with van der Waals surface area (Å²) in [6, 6.07) is 0.770. The van der Waals surface area contributed by atoms with Crippen LogP contribution in [0.5, 0.6) is 0 Å². The van der Waals surface area contributed by atoms with Gasteiger partial charge in [0.2, 0.25) is 0 Å². The third-order valence-electron chi connectivity index (χ3n) is 1.81. The van der Waals surface area contributed by atoms with Crippen LogP contribution in [0, 0.1) is 12.7 Å². The van der Waals surface area contributed by atoms with E-state index < -0.39 is 0 Å². The van der Waals surface area contributed by atoms with E-state index in [1.165, 1.54) is 6.33 Å². The van der Waals surface area contributed by atoms with Crippen molar-refractivity contribution in [3.05, 3.63) is 25.3 Å². The van der Waals surface area contributed by atoms with Gasteiger partial charge in [-0.3, -0.25) is 10.2 Å². The van der Waals surface area contributed by atoms with Gasteiger partial charge in [0.25, 0.3) is 0 Å². The van der Waals surface area contributed by atoms with Gasteiger partial charge in [0.1, 0.15) is 0 Å². The largest absolute Gasteiger partial charge is 0.421 e. The molecule has 0 aliphatic carbocycles. The van der Waals surface area contributed by atoms with Gasteiger partial charge in [0, 0.05) is 52.9 Å². The second kappa shape index (κ2) is 15.0. The molecule has 0 saturated carbocycles. The summed E-state index contributed by atoms with van der Waals surface area (Å²) in [6.07, 6.45) is 8.31. The van der Waals surface area contributed by atoms with Crippen molar-refractivity contribution in [2.24, 2.45) is 0 Å². The zero-order chi connectivity index (χ0) is 12.0. The Hall–Kier alpha value is -0.395. The van der Waals surface area contributed by atoms with Crippen LogP contribution in [0.2, 0.25) is 0 Å².